The molecule has 0 aliphatic heterocycles. The van der Waals surface area contributed by atoms with Crippen molar-refractivity contribution in [2.24, 2.45) is 0 Å². The number of carbonyl (C=O) groups is 1. The van der Waals surface area contributed by atoms with Gasteiger partial charge in [-0.25, -0.2) is 4.79 Å². The van der Waals surface area contributed by atoms with Gasteiger partial charge in [0.15, 0.2) is 0 Å². The lowest BCUT2D eigenvalue weighted by atomic mass is 9.96. The van der Waals surface area contributed by atoms with E-state index in [-0.39, 0.29) is 6.03 Å². The Morgan fingerprint density at radius 2 is 1.91 bits per heavy atom. The van der Waals surface area contributed by atoms with E-state index in [1.54, 1.807) is 0 Å². The lowest BCUT2D eigenvalue weighted by molar-refractivity contribution is 0.232. The summed E-state index contributed by atoms with van der Waals surface area (Å²) in [6, 6.07) is 9.85. The van der Waals surface area contributed by atoms with Gasteiger partial charge in [0.1, 0.15) is 0 Å². The maximum absolute atomic E-state index is 11.8. The van der Waals surface area contributed by atoms with Crippen LogP contribution in [0.2, 0.25) is 0 Å². The fraction of sp³-hybridized carbons (Fsp3) is 0.471. The second-order valence-corrected chi connectivity index (χ2v) is 5.85. The molecule has 0 radical (unpaired) electrons. The summed E-state index contributed by atoms with van der Waals surface area (Å²) >= 11 is 0. The molecule has 2 N–H and O–H groups in total. The van der Waals surface area contributed by atoms with Gasteiger partial charge in [-0.2, -0.15) is 0 Å². The zero-order valence-corrected chi connectivity index (χ0v) is 13.1. The molecule has 1 aromatic heterocycles. The number of hydrogen-bond donors (Lipinski definition) is 2. The van der Waals surface area contributed by atoms with Crippen molar-refractivity contribution >= 4 is 6.03 Å². The number of nitrogens with zero attached hydrogens (tertiary/aromatic N) is 2. The number of benzene rings is 1. The minimum absolute atomic E-state index is 0.111. The Balaban J connectivity index is 1.42. The molecular weight excluding hydrogens is 292 g/mol. The topological polar surface area (TPSA) is 80.1 Å². The monoisotopic (exact) mass is 314 g/mol. The van der Waals surface area contributed by atoms with Crippen molar-refractivity contribution in [3.8, 4) is 11.5 Å². The summed E-state index contributed by atoms with van der Waals surface area (Å²) in [5.41, 5.74) is 0.897. The molecule has 1 heterocycles. The van der Waals surface area contributed by atoms with Crippen LogP contribution in [0.15, 0.2) is 34.7 Å². The van der Waals surface area contributed by atoms with E-state index in [9.17, 15) is 4.79 Å². The molecule has 3 rings (SSSR count). The highest BCUT2D eigenvalue weighted by Crippen LogP contribution is 2.18. The normalized spacial score (nSPS) is 15.3. The van der Waals surface area contributed by atoms with Gasteiger partial charge in [0, 0.05) is 24.6 Å². The van der Waals surface area contributed by atoms with Crippen molar-refractivity contribution in [3.63, 3.8) is 0 Å². The summed E-state index contributed by atoms with van der Waals surface area (Å²) in [4.78, 5) is 11.8. The molecule has 0 spiro atoms. The number of urea groups is 1. The van der Waals surface area contributed by atoms with Crippen molar-refractivity contribution in [1.82, 2.24) is 20.8 Å². The second-order valence-electron chi connectivity index (χ2n) is 5.85. The molecule has 23 heavy (non-hydrogen) atoms. The van der Waals surface area contributed by atoms with Gasteiger partial charge in [-0.05, 0) is 25.0 Å². The highest BCUT2D eigenvalue weighted by atomic mass is 16.4. The second kappa shape index (κ2) is 7.76. The van der Waals surface area contributed by atoms with E-state index in [0.29, 0.717) is 30.8 Å². The summed E-state index contributed by atoms with van der Waals surface area (Å²) < 4.78 is 5.61. The first-order chi connectivity index (χ1) is 11.3. The number of aromatic nitrogens is 2. The van der Waals surface area contributed by atoms with Crippen molar-refractivity contribution in [2.75, 3.05) is 6.54 Å². The summed E-state index contributed by atoms with van der Waals surface area (Å²) in [6.07, 6.45) is 6.37. The van der Waals surface area contributed by atoms with Gasteiger partial charge in [0.05, 0.1) is 0 Å². The van der Waals surface area contributed by atoms with Crippen molar-refractivity contribution in [2.45, 2.75) is 44.6 Å². The zero-order chi connectivity index (χ0) is 15.9. The van der Waals surface area contributed by atoms with Gasteiger partial charge < -0.3 is 15.1 Å². The average Bonchev–Trinajstić information content (AvgIpc) is 3.05. The van der Waals surface area contributed by atoms with Crippen LogP contribution in [-0.4, -0.2) is 28.8 Å². The Labute approximate surface area is 135 Å². The molecule has 1 fully saturated rings. The largest absolute Gasteiger partial charge is 0.421 e. The summed E-state index contributed by atoms with van der Waals surface area (Å²) in [7, 11) is 0. The maximum Gasteiger partial charge on any atom is 0.315 e. The third-order valence-electron chi connectivity index (χ3n) is 4.05. The summed E-state index contributed by atoms with van der Waals surface area (Å²) in [5.74, 6) is 1.04. The van der Waals surface area contributed by atoms with Crippen LogP contribution in [0.3, 0.4) is 0 Å². The summed E-state index contributed by atoms with van der Waals surface area (Å²) in [5, 5.41) is 13.9. The van der Waals surface area contributed by atoms with E-state index in [2.05, 4.69) is 20.8 Å². The highest BCUT2D eigenvalue weighted by Gasteiger charge is 2.15. The van der Waals surface area contributed by atoms with Crippen LogP contribution in [0.1, 0.15) is 38.0 Å². The molecular formula is C17H22N4O2. The standard InChI is InChI=1S/C17H22N4O2/c22-17(19-14-9-5-2-6-10-14)18-12-11-15-20-21-16(23-15)13-7-3-1-4-8-13/h1,3-4,7-8,14H,2,5-6,9-12H2,(H2,18,19,22). The lowest BCUT2D eigenvalue weighted by Crippen LogP contribution is -2.43. The molecule has 0 atom stereocenters. The number of rotatable bonds is 5. The van der Waals surface area contributed by atoms with Gasteiger partial charge in [0.2, 0.25) is 11.8 Å². The molecule has 0 saturated heterocycles. The smallest absolute Gasteiger partial charge is 0.315 e. The van der Waals surface area contributed by atoms with Gasteiger partial charge in [-0.15, -0.1) is 10.2 Å². The highest BCUT2D eigenvalue weighted by molar-refractivity contribution is 5.74. The van der Waals surface area contributed by atoms with Gasteiger partial charge >= 0.3 is 6.03 Å². The van der Waals surface area contributed by atoms with E-state index in [0.717, 1.165) is 18.4 Å². The van der Waals surface area contributed by atoms with Crippen LogP contribution < -0.4 is 10.6 Å². The molecule has 122 valence electrons. The van der Waals surface area contributed by atoms with Crippen LogP contribution in [0, 0.1) is 0 Å². The van der Waals surface area contributed by atoms with E-state index < -0.39 is 0 Å². The minimum Gasteiger partial charge on any atom is -0.421 e. The molecule has 1 aromatic carbocycles. The molecule has 0 bridgehead atoms. The molecule has 6 heteroatoms. The molecule has 6 nitrogen and oxygen atoms in total. The molecule has 1 aliphatic carbocycles. The molecule has 0 unspecified atom stereocenters. The van der Waals surface area contributed by atoms with Crippen LogP contribution in [0.25, 0.3) is 11.5 Å². The van der Waals surface area contributed by atoms with Gasteiger partial charge in [-0.3, -0.25) is 0 Å². The average molecular weight is 314 g/mol. The lowest BCUT2D eigenvalue weighted by Gasteiger charge is -2.22. The zero-order valence-electron chi connectivity index (χ0n) is 13.1. The predicted molar refractivity (Wildman–Crippen MR) is 86.8 cm³/mol. The van der Waals surface area contributed by atoms with Crippen LogP contribution in [-0.2, 0) is 6.42 Å². The van der Waals surface area contributed by atoms with E-state index in [1.807, 2.05) is 30.3 Å². The van der Waals surface area contributed by atoms with Crippen molar-refractivity contribution in [3.05, 3.63) is 36.2 Å². The molecule has 2 amide bonds. The van der Waals surface area contributed by atoms with Gasteiger partial charge in [-0.1, -0.05) is 37.5 Å². The predicted octanol–water partition coefficient (Wildman–Crippen LogP) is 2.91. The first kappa shape index (κ1) is 15.5. The first-order valence-corrected chi connectivity index (χ1v) is 8.23. The van der Waals surface area contributed by atoms with Crippen molar-refractivity contribution < 1.29 is 9.21 Å². The number of nitrogens with one attached hydrogen (secondary N) is 2. The number of amides is 2. The Hall–Kier alpha value is -2.37. The third kappa shape index (κ3) is 4.55. The Kier molecular flexibility index (Phi) is 5.24. The Morgan fingerprint density at radius 1 is 1.13 bits per heavy atom. The molecule has 1 aliphatic rings. The maximum atomic E-state index is 11.8. The summed E-state index contributed by atoms with van der Waals surface area (Å²) in [6.45, 7) is 0.481. The Morgan fingerprint density at radius 3 is 2.70 bits per heavy atom. The van der Waals surface area contributed by atoms with Crippen LogP contribution in [0.5, 0.6) is 0 Å². The fourth-order valence-corrected chi connectivity index (χ4v) is 2.82. The van der Waals surface area contributed by atoms with Crippen LogP contribution in [0.4, 0.5) is 4.79 Å². The Bertz CT molecular complexity index is 621. The SMILES string of the molecule is O=C(NCCc1nnc(-c2ccccc2)o1)NC1CCCCC1. The van der Waals surface area contributed by atoms with Gasteiger partial charge in [0.25, 0.3) is 0 Å². The quantitative estimate of drug-likeness (QED) is 0.889. The number of hydrogen-bond acceptors (Lipinski definition) is 4. The first-order valence-electron chi connectivity index (χ1n) is 8.23. The number of carbonyl (C=O) groups excluding carboxylic acids is 1. The minimum atomic E-state index is -0.111. The van der Waals surface area contributed by atoms with Crippen molar-refractivity contribution in [1.29, 1.82) is 0 Å². The fourth-order valence-electron chi connectivity index (χ4n) is 2.82. The van der Waals surface area contributed by atoms with E-state index in [4.69, 9.17) is 4.42 Å². The van der Waals surface area contributed by atoms with Crippen LogP contribution >= 0.6 is 0 Å². The molecule has 1 saturated carbocycles. The van der Waals surface area contributed by atoms with E-state index >= 15 is 0 Å². The van der Waals surface area contributed by atoms with E-state index in [1.165, 1.54) is 19.3 Å². The molecule has 2 aromatic rings. The third-order valence-corrected chi connectivity index (χ3v) is 4.05.